The predicted octanol–water partition coefficient (Wildman–Crippen LogP) is 4.08. The average Bonchev–Trinajstić information content (AvgIpc) is 2.72. The van der Waals surface area contributed by atoms with E-state index in [1.807, 2.05) is 41.4 Å². The smallest absolute Gasteiger partial charge is 0.227 e. The highest BCUT2D eigenvalue weighted by atomic mass is 35.5. The summed E-state index contributed by atoms with van der Waals surface area (Å²) in [5, 5.41) is 1.86. The Morgan fingerprint density at radius 1 is 1.04 bits per heavy atom. The third-order valence-electron chi connectivity index (χ3n) is 5.40. The number of aryl methyl sites for hydroxylation is 1. The summed E-state index contributed by atoms with van der Waals surface area (Å²) in [5.41, 5.74) is 4.32. The summed E-state index contributed by atoms with van der Waals surface area (Å²) < 4.78 is 0. The fraction of sp³-hybridized carbons (Fsp3) is 0.304. The van der Waals surface area contributed by atoms with Crippen molar-refractivity contribution in [2.75, 3.05) is 26.2 Å². The Hall–Kier alpha value is -2.43. The van der Waals surface area contributed by atoms with Crippen molar-refractivity contribution < 1.29 is 4.79 Å². The maximum absolute atomic E-state index is 12.6. The molecule has 1 fully saturated rings. The van der Waals surface area contributed by atoms with E-state index in [4.69, 9.17) is 11.6 Å². The lowest BCUT2D eigenvalue weighted by Crippen LogP contribution is -2.48. The molecule has 28 heavy (non-hydrogen) atoms. The molecular formula is C23H24ClN3O. The predicted molar refractivity (Wildman–Crippen MR) is 113 cm³/mol. The number of fused-ring (bicyclic) bond motifs is 1. The molecule has 5 heteroatoms. The van der Waals surface area contributed by atoms with E-state index < -0.39 is 0 Å². The lowest BCUT2D eigenvalue weighted by atomic mass is 10.1. The van der Waals surface area contributed by atoms with E-state index in [0.717, 1.165) is 59.8 Å². The standard InChI is InChI=1S/C23H24ClN3O/c1-17-4-6-18(7-5-17)15-22(28)27-13-11-26(12-14-27)16-20-21(24)9-8-19-3-2-10-25-23(19)20/h2-10H,11-16H2,1H3. The van der Waals surface area contributed by atoms with Gasteiger partial charge in [-0.1, -0.05) is 53.6 Å². The van der Waals surface area contributed by atoms with Crippen molar-refractivity contribution >= 4 is 28.4 Å². The van der Waals surface area contributed by atoms with Crippen molar-refractivity contribution in [3.05, 3.63) is 76.4 Å². The number of benzene rings is 2. The highest BCUT2D eigenvalue weighted by molar-refractivity contribution is 6.32. The molecule has 144 valence electrons. The van der Waals surface area contributed by atoms with Gasteiger partial charge in [-0.2, -0.15) is 0 Å². The summed E-state index contributed by atoms with van der Waals surface area (Å²) in [5.74, 6) is 0.202. The topological polar surface area (TPSA) is 36.4 Å². The van der Waals surface area contributed by atoms with Crippen LogP contribution in [0.2, 0.25) is 5.02 Å². The number of amides is 1. The van der Waals surface area contributed by atoms with E-state index in [9.17, 15) is 4.79 Å². The third-order valence-corrected chi connectivity index (χ3v) is 5.76. The fourth-order valence-corrected chi connectivity index (χ4v) is 3.92. The number of carbonyl (C=O) groups excluding carboxylic acids is 1. The molecule has 3 aromatic rings. The van der Waals surface area contributed by atoms with Crippen LogP contribution in [0.1, 0.15) is 16.7 Å². The first kappa shape index (κ1) is 18.9. The number of rotatable bonds is 4. The first-order valence-corrected chi connectivity index (χ1v) is 10.1. The Morgan fingerprint density at radius 3 is 2.54 bits per heavy atom. The Balaban J connectivity index is 1.38. The monoisotopic (exact) mass is 393 g/mol. The zero-order valence-corrected chi connectivity index (χ0v) is 16.8. The zero-order chi connectivity index (χ0) is 19.5. The van der Waals surface area contributed by atoms with E-state index >= 15 is 0 Å². The highest BCUT2D eigenvalue weighted by Crippen LogP contribution is 2.26. The number of hydrogen-bond donors (Lipinski definition) is 0. The summed E-state index contributed by atoms with van der Waals surface area (Å²) in [7, 11) is 0. The van der Waals surface area contributed by atoms with Gasteiger partial charge in [0.05, 0.1) is 11.9 Å². The molecule has 0 unspecified atom stereocenters. The summed E-state index contributed by atoms with van der Waals surface area (Å²) in [6.45, 7) is 6.01. The van der Waals surface area contributed by atoms with Crippen LogP contribution in [0.15, 0.2) is 54.7 Å². The molecule has 4 nitrogen and oxygen atoms in total. The van der Waals surface area contributed by atoms with Gasteiger partial charge < -0.3 is 4.90 Å². The van der Waals surface area contributed by atoms with Crippen molar-refractivity contribution in [3.63, 3.8) is 0 Å². The third kappa shape index (κ3) is 4.18. The Kier molecular flexibility index (Phi) is 5.60. The quantitative estimate of drug-likeness (QED) is 0.670. The average molecular weight is 394 g/mol. The molecule has 2 heterocycles. The Labute approximate surface area is 170 Å². The molecule has 0 saturated carbocycles. The number of halogens is 1. The van der Waals surface area contributed by atoms with Crippen LogP contribution in [0.25, 0.3) is 10.9 Å². The fourth-order valence-electron chi connectivity index (χ4n) is 3.70. The normalized spacial score (nSPS) is 15.1. The van der Waals surface area contributed by atoms with Crippen LogP contribution in [-0.2, 0) is 17.8 Å². The first-order valence-electron chi connectivity index (χ1n) is 9.68. The molecule has 0 radical (unpaired) electrons. The number of piperazine rings is 1. The van der Waals surface area contributed by atoms with Gasteiger partial charge >= 0.3 is 0 Å². The van der Waals surface area contributed by atoms with E-state index in [1.54, 1.807) is 0 Å². The van der Waals surface area contributed by atoms with Gasteiger partial charge in [-0.3, -0.25) is 14.7 Å². The van der Waals surface area contributed by atoms with Crippen LogP contribution in [-0.4, -0.2) is 46.9 Å². The minimum atomic E-state index is 0.202. The molecule has 1 aliphatic heterocycles. The first-order chi connectivity index (χ1) is 13.6. The lowest BCUT2D eigenvalue weighted by Gasteiger charge is -2.35. The summed E-state index contributed by atoms with van der Waals surface area (Å²) in [4.78, 5) is 21.5. The van der Waals surface area contributed by atoms with Crippen LogP contribution in [0.4, 0.5) is 0 Å². The SMILES string of the molecule is Cc1ccc(CC(=O)N2CCN(Cc3c(Cl)ccc4cccnc34)CC2)cc1. The lowest BCUT2D eigenvalue weighted by molar-refractivity contribution is -0.132. The van der Waals surface area contributed by atoms with Crippen molar-refractivity contribution in [1.82, 2.24) is 14.8 Å². The zero-order valence-electron chi connectivity index (χ0n) is 16.1. The second kappa shape index (κ2) is 8.29. The maximum atomic E-state index is 12.6. The number of pyridine rings is 1. The van der Waals surface area contributed by atoms with E-state index in [2.05, 4.69) is 35.0 Å². The molecular weight excluding hydrogens is 370 g/mol. The second-order valence-corrected chi connectivity index (χ2v) is 7.83. The molecule has 0 atom stereocenters. The van der Waals surface area contributed by atoms with Crippen LogP contribution in [0.5, 0.6) is 0 Å². The molecule has 2 aromatic carbocycles. The summed E-state index contributed by atoms with van der Waals surface area (Å²) in [6.07, 6.45) is 2.28. The molecule has 4 rings (SSSR count). The molecule has 1 saturated heterocycles. The van der Waals surface area contributed by atoms with Crippen molar-refractivity contribution in [1.29, 1.82) is 0 Å². The van der Waals surface area contributed by atoms with Crippen LogP contribution in [0.3, 0.4) is 0 Å². The van der Waals surface area contributed by atoms with Crippen LogP contribution >= 0.6 is 11.6 Å². The molecule has 0 N–H and O–H groups in total. The largest absolute Gasteiger partial charge is 0.340 e. The van der Waals surface area contributed by atoms with Gasteiger partial charge in [0.15, 0.2) is 0 Å². The van der Waals surface area contributed by atoms with Crippen LogP contribution < -0.4 is 0 Å². The molecule has 0 spiro atoms. The van der Waals surface area contributed by atoms with Gasteiger partial charge in [-0.15, -0.1) is 0 Å². The van der Waals surface area contributed by atoms with Crippen molar-refractivity contribution in [2.45, 2.75) is 19.9 Å². The molecule has 1 aliphatic rings. The highest BCUT2D eigenvalue weighted by Gasteiger charge is 2.22. The maximum Gasteiger partial charge on any atom is 0.227 e. The van der Waals surface area contributed by atoms with Gasteiger partial charge in [0, 0.05) is 54.9 Å². The number of aromatic nitrogens is 1. The number of hydrogen-bond acceptors (Lipinski definition) is 3. The van der Waals surface area contributed by atoms with E-state index in [1.165, 1.54) is 5.56 Å². The van der Waals surface area contributed by atoms with Crippen molar-refractivity contribution in [2.24, 2.45) is 0 Å². The van der Waals surface area contributed by atoms with Gasteiger partial charge in [0.25, 0.3) is 0 Å². The molecule has 0 aliphatic carbocycles. The number of nitrogens with zero attached hydrogens (tertiary/aromatic N) is 3. The Morgan fingerprint density at radius 2 is 1.79 bits per heavy atom. The van der Waals surface area contributed by atoms with Crippen molar-refractivity contribution in [3.8, 4) is 0 Å². The van der Waals surface area contributed by atoms with Gasteiger partial charge in [0.1, 0.15) is 0 Å². The second-order valence-electron chi connectivity index (χ2n) is 7.42. The number of carbonyl (C=O) groups is 1. The molecule has 1 aromatic heterocycles. The van der Waals surface area contributed by atoms with Gasteiger partial charge in [-0.05, 0) is 24.6 Å². The summed E-state index contributed by atoms with van der Waals surface area (Å²) >= 11 is 6.47. The molecule has 1 amide bonds. The molecule has 0 bridgehead atoms. The Bertz CT molecular complexity index is 979. The van der Waals surface area contributed by atoms with Gasteiger partial charge in [0.2, 0.25) is 5.91 Å². The van der Waals surface area contributed by atoms with E-state index in [0.29, 0.717) is 6.42 Å². The minimum absolute atomic E-state index is 0.202. The van der Waals surface area contributed by atoms with Crippen LogP contribution in [0, 0.1) is 6.92 Å². The summed E-state index contributed by atoms with van der Waals surface area (Å²) in [6, 6.07) is 16.2. The van der Waals surface area contributed by atoms with E-state index in [-0.39, 0.29) is 5.91 Å². The van der Waals surface area contributed by atoms with Gasteiger partial charge in [-0.25, -0.2) is 0 Å². The minimum Gasteiger partial charge on any atom is -0.340 e.